The van der Waals surface area contributed by atoms with Crippen LogP contribution in [-0.2, 0) is 0 Å². The van der Waals surface area contributed by atoms with Gasteiger partial charge in [0.05, 0.1) is 5.69 Å². The lowest BCUT2D eigenvalue weighted by Gasteiger charge is -2.18. The highest BCUT2D eigenvalue weighted by Gasteiger charge is 2.13. The number of aromatic nitrogens is 1. The van der Waals surface area contributed by atoms with Gasteiger partial charge in [0, 0.05) is 10.9 Å². The Hall–Kier alpha value is -2.06. The van der Waals surface area contributed by atoms with Crippen LogP contribution in [0.2, 0.25) is 0 Å². The van der Waals surface area contributed by atoms with E-state index in [4.69, 9.17) is 14.7 Å². The zero-order valence-electron chi connectivity index (χ0n) is 8.84. The summed E-state index contributed by atoms with van der Waals surface area (Å²) in [4.78, 5) is 4.21. The van der Waals surface area contributed by atoms with E-state index in [-0.39, 0.29) is 0 Å². The van der Waals surface area contributed by atoms with Crippen LogP contribution in [0.25, 0.3) is 11.3 Å². The van der Waals surface area contributed by atoms with Crippen LogP contribution in [0.3, 0.4) is 0 Å². The average molecular weight is 244 g/mol. The van der Waals surface area contributed by atoms with Crippen LogP contribution in [0.5, 0.6) is 11.5 Å². The van der Waals surface area contributed by atoms with Crippen molar-refractivity contribution in [2.24, 2.45) is 0 Å². The van der Waals surface area contributed by atoms with Crippen molar-refractivity contribution in [1.82, 2.24) is 4.98 Å². The van der Waals surface area contributed by atoms with Crippen LogP contribution in [0.1, 0.15) is 5.01 Å². The Bertz CT molecular complexity index is 601. The van der Waals surface area contributed by atoms with Crippen molar-refractivity contribution < 1.29 is 9.47 Å². The second-order valence-corrected chi connectivity index (χ2v) is 4.37. The quantitative estimate of drug-likeness (QED) is 0.773. The summed E-state index contributed by atoms with van der Waals surface area (Å²) in [6.45, 7) is 1.15. The van der Waals surface area contributed by atoms with E-state index in [1.165, 1.54) is 11.3 Å². The van der Waals surface area contributed by atoms with Crippen molar-refractivity contribution >= 4 is 11.3 Å². The highest BCUT2D eigenvalue weighted by atomic mass is 32.1. The molecule has 0 N–H and O–H groups in total. The van der Waals surface area contributed by atoms with Crippen LogP contribution in [0.15, 0.2) is 23.6 Å². The van der Waals surface area contributed by atoms with Gasteiger partial charge in [-0.3, -0.25) is 0 Å². The molecule has 0 saturated carbocycles. The first-order chi connectivity index (χ1) is 8.36. The van der Waals surface area contributed by atoms with Gasteiger partial charge < -0.3 is 9.47 Å². The SMILES string of the molecule is N#Cc1nc(-c2ccc3c(c2)OCCO3)cs1. The van der Waals surface area contributed by atoms with E-state index in [2.05, 4.69) is 4.98 Å². The number of thiazole rings is 1. The Kier molecular flexibility index (Phi) is 2.42. The van der Waals surface area contributed by atoms with Crippen LogP contribution < -0.4 is 9.47 Å². The van der Waals surface area contributed by atoms with Gasteiger partial charge in [0.15, 0.2) is 16.5 Å². The molecule has 4 nitrogen and oxygen atoms in total. The molecule has 1 aromatic heterocycles. The number of hydrogen-bond donors (Lipinski definition) is 0. The van der Waals surface area contributed by atoms with Crippen LogP contribution >= 0.6 is 11.3 Å². The summed E-state index contributed by atoms with van der Waals surface area (Å²) in [5.74, 6) is 1.50. The van der Waals surface area contributed by atoms with Crippen molar-refractivity contribution in [2.75, 3.05) is 13.2 Å². The molecule has 0 atom stereocenters. The summed E-state index contributed by atoms with van der Waals surface area (Å²) in [5.41, 5.74) is 1.73. The molecule has 1 aliphatic rings. The maximum absolute atomic E-state index is 8.74. The topological polar surface area (TPSA) is 55.1 Å². The number of rotatable bonds is 1. The minimum atomic E-state index is 0.467. The van der Waals surface area contributed by atoms with E-state index in [0.717, 1.165) is 22.8 Å². The first kappa shape index (κ1) is 10.1. The minimum Gasteiger partial charge on any atom is -0.486 e. The van der Waals surface area contributed by atoms with Crippen molar-refractivity contribution in [1.29, 1.82) is 5.26 Å². The second kappa shape index (κ2) is 4.07. The molecule has 2 aromatic rings. The molecule has 3 rings (SSSR count). The van der Waals surface area contributed by atoms with E-state index in [0.29, 0.717) is 18.2 Å². The van der Waals surface area contributed by atoms with E-state index in [9.17, 15) is 0 Å². The fraction of sp³-hybridized carbons (Fsp3) is 0.167. The molecule has 0 fully saturated rings. The normalized spacial score (nSPS) is 13.1. The fourth-order valence-electron chi connectivity index (χ4n) is 1.66. The average Bonchev–Trinajstić information content (AvgIpc) is 2.87. The first-order valence-corrected chi connectivity index (χ1v) is 6.00. The Morgan fingerprint density at radius 1 is 1.24 bits per heavy atom. The molecule has 0 unspecified atom stereocenters. The Morgan fingerprint density at radius 3 is 2.82 bits per heavy atom. The van der Waals surface area contributed by atoms with Gasteiger partial charge in [-0.25, -0.2) is 4.98 Å². The molecule has 2 heterocycles. The maximum Gasteiger partial charge on any atom is 0.194 e. The summed E-state index contributed by atoms with van der Waals surface area (Å²) < 4.78 is 10.9. The van der Waals surface area contributed by atoms with Gasteiger partial charge in [-0.2, -0.15) is 5.26 Å². The maximum atomic E-state index is 8.74. The number of benzene rings is 1. The van der Waals surface area contributed by atoms with Crippen molar-refractivity contribution in [3.63, 3.8) is 0 Å². The molecule has 0 spiro atoms. The number of nitriles is 1. The lowest BCUT2D eigenvalue weighted by molar-refractivity contribution is 0.171. The Balaban J connectivity index is 2.01. The van der Waals surface area contributed by atoms with Crippen molar-refractivity contribution in [2.45, 2.75) is 0 Å². The molecule has 0 saturated heterocycles. The number of fused-ring (bicyclic) bond motifs is 1. The van der Waals surface area contributed by atoms with Gasteiger partial charge in [0.2, 0.25) is 0 Å². The third-order valence-electron chi connectivity index (χ3n) is 2.44. The van der Waals surface area contributed by atoms with Gasteiger partial charge in [-0.15, -0.1) is 11.3 Å². The molecule has 0 radical (unpaired) electrons. The number of hydrogen-bond acceptors (Lipinski definition) is 5. The summed E-state index contributed by atoms with van der Waals surface area (Å²) in [6.07, 6.45) is 0. The number of ether oxygens (including phenoxy) is 2. The van der Waals surface area contributed by atoms with E-state index >= 15 is 0 Å². The third kappa shape index (κ3) is 1.83. The van der Waals surface area contributed by atoms with Gasteiger partial charge >= 0.3 is 0 Å². The zero-order chi connectivity index (χ0) is 11.7. The second-order valence-electron chi connectivity index (χ2n) is 3.51. The summed E-state index contributed by atoms with van der Waals surface area (Å²) in [7, 11) is 0. The summed E-state index contributed by atoms with van der Waals surface area (Å²) in [6, 6.07) is 7.72. The molecule has 0 aliphatic carbocycles. The van der Waals surface area contributed by atoms with Gasteiger partial charge in [0.1, 0.15) is 19.3 Å². The first-order valence-electron chi connectivity index (χ1n) is 5.12. The predicted molar refractivity (Wildman–Crippen MR) is 63.3 cm³/mol. The van der Waals surface area contributed by atoms with Gasteiger partial charge in [-0.05, 0) is 18.2 Å². The minimum absolute atomic E-state index is 0.467. The molecule has 84 valence electrons. The standard InChI is InChI=1S/C12H8N2O2S/c13-6-12-14-9(7-17-12)8-1-2-10-11(5-8)16-4-3-15-10/h1-2,5,7H,3-4H2. The molecule has 17 heavy (non-hydrogen) atoms. The molecule has 1 aliphatic heterocycles. The highest BCUT2D eigenvalue weighted by Crippen LogP contribution is 2.34. The van der Waals surface area contributed by atoms with E-state index < -0.39 is 0 Å². The van der Waals surface area contributed by atoms with Crippen LogP contribution in [-0.4, -0.2) is 18.2 Å². The third-order valence-corrected chi connectivity index (χ3v) is 3.18. The lowest BCUT2D eigenvalue weighted by atomic mass is 10.1. The van der Waals surface area contributed by atoms with E-state index in [1.54, 1.807) is 0 Å². The number of nitrogens with zero attached hydrogens (tertiary/aromatic N) is 2. The van der Waals surface area contributed by atoms with Gasteiger partial charge in [0.25, 0.3) is 0 Å². The molecule has 0 amide bonds. The van der Waals surface area contributed by atoms with Gasteiger partial charge in [-0.1, -0.05) is 0 Å². The van der Waals surface area contributed by atoms with E-state index in [1.807, 2.05) is 29.6 Å². The fourth-order valence-corrected chi connectivity index (χ4v) is 2.28. The smallest absolute Gasteiger partial charge is 0.194 e. The lowest BCUT2D eigenvalue weighted by Crippen LogP contribution is -2.15. The summed E-state index contributed by atoms with van der Waals surface area (Å²) >= 11 is 1.34. The highest BCUT2D eigenvalue weighted by molar-refractivity contribution is 7.10. The summed E-state index contributed by atoms with van der Waals surface area (Å²) in [5, 5.41) is 11.1. The molecule has 5 heteroatoms. The molecular weight excluding hydrogens is 236 g/mol. The van der Waals surface area contributed by atoms with Crippen molar-refractivity contribution in [3.8, 4) is 28.8 Å². The molecule has 1 aromatic carbocycles. The van der Waals surface area contributed by atoms with Crippen LogP contribution in [0.4, 0.5) is 0 Å². The van der Waals surface area contributed by atoms with Crippen molar-refractivity contribution in [3.05, 3.63) is 28.6 Å². The zero-order valence-corrected chi connectivity index (χ0v) is 9.66. The molecular formula is C12H8N2O2S. The molecule has 0 bridgehead atoms. The Labute approximate surface area is 102 Å². The Morgan fingerprint density at radius 2 is 2.06 bits per heavy atom. The predicted octanol–water partition coefficient (Wildman–Crippen LogP) is 2.45. The van der Waals surface area contributed by atoms with Crippen LogP contribution in [0, 0.1) is 11.3 Å². The largest absolute Gasteiger partial charge is 0.486 e. The monoisotopic (exact) mass is 244 g/mol.